The average Bonchev–Trinajstić information content (AvgIpc) is 3.37. The molecule has 0 aliphatic carbocycles. The van der Waals surface area contributed by atoms with E-state index < -0.39 is 5.82 Å². The van der Waals surface area contributed by atoms with Crippen LogP contribution in [0, 0.1) is 19.7 Å². The number of halogens is 1. The molecule has 4 aromatic rings. The molecule has 8 heteroatoms. The number of carbonyl (C=O) groups excluding carboxylic acids is 1. The van der Waals surface area contributed by atoms with Gasteiger partial charge in [0.1, 0.15) is 4.83 Å². The molecule has 0 radical (unpaired) electrons. The fourth-order valence-electron chi connectivity index (χ4n) is 3.17. The van der Waals surface area contributed by atoms with Crippen molar-refractivity contribution in [2.45, 2.75) is 20.3 Å². The van der Waals surface area contributed by atoms with Gasteiger partial charge in [-0.25, -0.2) is 14.4 Å². The number of hydrogen-bond acceptors (Lipinski definition) is 6. The van der Waals surface area contributed by atoms with E-state index in [1.54, 1.807) is 36.6 Å². The highest BCUT2D eigenvalue weighted by atomic mass is 32.1. The second-order valence-electron chi connectivity index (χ2n) is 6.73. The highest BCUT2D eigenvalue weighted by Crippen LogP contribution is 2.32. The third-order valence-electron chi connectivity index (χ3n) is 4.62. The summed E-state index contributed by atoms with van der Waals surface area (Å²) < 4.78 is 24.3. The van der Waals surface area contributed by atoms with Crippen LogP contribution in [-0.2, 0) is 0 Å². The normalized spacial score (nSPS) is 11.0. The van der Waals surface area contributed by atoms with Crippen molar-refractivity contribution in [1.29, 1.82) is 0 Å². The van der Waals surface area contributed by atoms with E-state index in [9.17, 15) is 9.18 Å². The van der Waals surface area contributed by atoms with Gasteiger partial charge < -0.3 is 14.5 Å². The molecule has 0 fully saturated rings. The Morgan fingerprint density at radius 1 is 1.20 bits per heavy atom. The highest BCUT2D eigenvalue weighted by Gasteiger charge is 2.20. The van der Waals surface area contributed by atoms with Gasteiger partial charge in [0.05, 0.1) is 23.4 Å². The number of benzene rings is 1. The van der Waals surface area contributed by atoms with Gasteiger partial charge in [-0.15, -0.1) is 11.3 Å². The lowest BCUT2D eigenvalue weighted by Crippen LogP contribution is -2.25. The Bertz CT molecular complexity index is 1190. The fourth-order valence-corrected chi connectivity index (χ4v) is 4.32. The lowest BCUT2D eigenvalue weighted by molar-refractivity contribution is 0.0955. The van der Waals surface area contributed by atoms with Gasteiger partial charge in [0.2, 0.25) is 0 Å². The molecule has 0 unspecified atom stereocenters. The fraction of sp³-hybridized carbons (Fsp3) is 0.227. The van der Waals surface area contributed by atoms with Gasteiger partial charge in [0.25, 0.3) is 5.91 Å². The monoisotopic (exact) mass is 425 g/mol. The molecule has 0 spiro atoms. The van der Waals surface area contributed by atoms with Crippen molar-refractivity contribution in [2.24, 2.45) is 0 Å². The Balaban J connectivity index is 1.41. The lowest BCUT2D eigenvalue weighted by Gasteiger charge is -2.08. The van der Waals surface area contributed by atoms with Crippen LogP contribution in [0.25, 0.3) is 21.8 Å². The van der Waals surface area contributed by atoms with Crippen LogP contribution in [0.3, 0.4) is 0 Å². The summed E-state index contributed by atoms with van der Waals surface area (Å²) in [4.78, 5) is 23.1. The van der Waals surface area contributed by atoms with Crippen LogP contribution in [0.2, 0.25) is 0 Å². The Kier molecular flexibility index (Phi) is 5.76. The molecule has 0 aliphatic rings. The van der Waals surface area contributed by atoms with Crippen molar-refractivity contribution in [3.63, 3.8) is 0 Å². The number of ether oxygens (including phenoxy) is 1. The van der Waals surface area contributed by atoms with E-state index in [2.05, 4.69) is 15.3 Å². The summed E-state index contributed by atoms with van der Waals surface area (Å²) in [6.07, 6.45) is 2.14. The maximum Gasteiger partial charge on any atom is 0.261 e. The number of thiophene rings is 1. The molecule has 4 rings (SSSR count). The van der Waals surface area contributed by atoms with Gasteiger partial charge in [-0.3, -0.25) is 4.79 Å². The van der Waals surface area contributed by atoms with E-state index in [1.165, 1.54) is 17.4 Å². The molecule has 0 aliphatic heterocycles. The maximum atomic E-state index is 13.5. The van der Waals surface area contributed by atoms with E-state index >= 15 is 0 Å². The maximum absolute atomic E-state index is 13.5. The average molecular weight is 425 g/mol. The number of para-hydroxylation sites is 1. The number of aryl methyl sites for hydroxylation is 2. The molecule has 30 heavy (non-hydrogen) atoms. The topological polar surface area (TPSA) is 77.2 Å². The molecule has 154 valence electrons. The van der Waals surface area contributed by atoms with E-state index in [1.807, 2.05) is 13.8 Å². The molecule has 0 saturated heterocycles. The standard InChI is InChI=1S/C22H20FN3O3S/c1-13-18-14(2)25-20(17-9-5-11-29-17)26-22(18)30-19(13)21(27)24-10-6-12-28-16-8-4-3-7-15(16)23/h3-5,7-9,11H,6,10,12H2,1-2H3,(H,24,27). The van der Waals surface area contributed by atoms with Gasteiger partial charge >= 0.3 is 0 Å². The van der Waals surface area contributed by atoms with Crippen molar-refractivity contribution < 1.29 is 18.3 Å². The first-order valence-electron chi connectivity index (χ1n) is 9.51. The molecule has 0 saturated carbocycles. The predicted molar refractivity (Wildman–Crippen MR) is 113 cm³/mol. The summed E-state index contributed by atoms with van der Waals surface area (Å²) in [5, 5.41) is 3.79. The van der Waals surface area contributed by atoms with Crippen LogP contribution in [0.5, 0.6) is 5.75 Å². The van der Waals surface area contributed by atoms with Gasteiger partial charge in [-0.05, 0) is 50.1 Å². The number of furan rings is 1. The molecule has 1 N–H and O–H groups in total. The minimum Gasteiger partial charge on any atom is -0.490 e. The molecular weight excluding hydrogens is 405 g/mol. The van der Waals surface area contributed by atoms with Crippen LogP contribution in [0.1, 0.15) is 27.3 Å². The van der Waals surface area contributed by atoms with Gasteiger partial charge in [0.15, 0.2) is 23.2 Å². The van der Waals surface area contributed by atoms with Gasteiger partial charge in [-0.2, -0.15) is 0 Å². The zero-order chi connectivity index (χ0) is 21.1. The molecular formula is C22H20FN3O3S. The molecule has 1 aromatic carbocycles. The molecule has 3 aromatic heterocycles. The summed E-state index contributed by atoms with van der Waals surface area (Å²) in [6, 6.07) is 9.84. The minimum atomic E-state index is -0.396. The first-order valence-corrected chi connectivity index (χ1v) is 10.3. The number of rotatable bonds is 7. The largest absolute Gasteiger partial charge is 0.490 e. The molecule has 1 amide bonds. The summed E-state index contributed by atoms with van der Waals surface area (Å²) in [5.74, 6) is 0.745. The zero-order valence-electron chi connectivity index (χ0n) is 16.6. The number of nitrogens with zero attached hydrogens (tertiary/aromatic N) is 2. The van der Waals surface area contributed by atoms with E-state index in [-0.39, 0.29) is 11.7 Å². The summed E-state index contributed by atoms with van der Waals surface area (Å²) in [5.41, 5.74) is 1.66. The molecule has 3 heterocycles. The summed E-state index contributed by atoms with van der Waals surface area (Å²) >= 11 is 1.33. The Hall–Kier alpha value is -3.26. The smallest absolute Gasteiger partial charge is 0.261 e. The number of hydrogen-bond donors (Lipinski definition) is 1. The predicted octanol–water partition coefficient (Wildman–Crippen LogP) is 4.91. The van der Waals surface area contributed by atoms with Crippen molar-refractivity contribution >= 4 is 27.5 Å². The number of fused-ring (bicyclic) bond motifs is 1. The van der Waals surface area contributed by atoms with Gasteiger partial charge in [-0.1, -0.05) is 12.1 Å². The van der Waals surface area contributed by atoms with Crippen molar-refractivity contribution in [1.82, 2.24) is 15.3 Å². The highest BCUT2D eigenvalue weighted by molar-refractivity contribution is 7.20. The summed E-state index contributed by atoms with van der Waals surface area (Å²) in [7, 11) is 0. The van der Waals surface area contributed by atoms with Crippen LogP contribution in [0.15, 0.2) is 47.1 Å². The zero-order valence-corrected chi connectivity index (χ0v) is 17.4. The number of amides is 1. The first-order chi connectivity index (χ1) is 14.5. The molecule has 0 atom stereocenters. The lowest BCUT2D eigenvalue weighted by atomic mass is 10.1. The van der Waals surface area contributed by atoms with Crippen molar-refractivity contribution in [3.8, 4) is 17.3 Å². The van der Waals surface area contributed by atoms with Crippen molar-refractivity contribution in [2.75, 3.05) is 13.2 Å². The SMILES string of the molecule is Cc1nc(-c2ccco2)nc2sc(C(=O)NCCCOc3ccccc3F)c(C)c12. The third-order valence-corrected chi connectivity index (χ3v) is 5.80. The number of nitrogens with one attached hydrogen (secondary N) is 1. The number of carbonyl (C=O) groups is 1. The molecule has 0 bridgehead atoms. The van der Waals surface area contributed by atoms with Crippen molar-refractivity contribution in [3.05, 3.63) is 64.6 Å². The van der Waals surface area contributed by atoms with Crippen LogP contribution < -0.4 is 10.1 Å². The van der Waals surface area contributed by atoms with E-state index in [4.69, 9.17) is 9.15 Å². The summed E-state index contributed by atoms with van der Waals surface area (Å²) in [6.45, 7) is 4.53. The Morgan fingerprint density at radius 3 is 2.80 bits per heavy atom. The van der Waals surface area contributed by atoms with Crippen LogP contribution in [0.4, 0.5) is 4.39 Å². The minimum absolute atomic E-state index is 0.166. The van der Waals surface area contributed by atoms with E-state index in [0.29, 0.717) is 36.0 Å². The first kappa shape index (κ1) is 20.0. The second-order valence-corrected chi connectivity index (χ2v) is 7.73. The third kappa shape index (κ3) is 4.04. The van der Waals surface area contributed by atoms with Gasteiger partial charge in [0, 0.05) is 11.9 Å². The Morgan fingerprint density at radius 2 is 2.03 bits per heavy atom. The van der Waals surface area contributed by atoms with Crippen LogP contribution >= 0.6 is 11.3 Å². The van der Waals surface area contributed by atoms with E-state index in [0.717, 1.165) is 21.5 Å². The quantitative estimate of drug-likeness (QED) is 0.426. The van der Waals surface area contributed by atoms with Crippen LogP contribution in [-0.4, -0.2) is 29.0 Å². The second kappa shape index (κ2) is 8.62. The molecule has 6 nitrogen and oxygen atoms in total. The number of aromatic nitrogens is 2. The Labute approximate surface area is 176 Å².